The molecule has 2 aromatic heterocycles. The monoisotopic (exact) mass is 393 g/mol. The Morgan fingerprint density at radius 1 is 1.11 bits per heavy atom. The second-order valence-electron chi connectivity index (χ2n) is 7.56. The van der Waals surface area contributed by atoms with Gasteiger partial charge in [0, 0.05) is 28.5 Å². The first-order valence-corrected chi connectivity index (χ1v) is 10.8. The molecule has 0 saturated carbocycles. The van der Waals surface area contributed by atoms with Crippen molar-refractivity contribution >= 4 is 23.1 Å². The number of aromatic nitrogens is 1. The summed E-state index contributed by atoms with van der Waals surface area (Å²) in [4.78, 5) is 14.1. The number of hydrogen-bond donors (Lipinski definition) is 2. The average molecular weight is 394 g/mol. The van der Waals surface area contributed by atoms with Crippen LogP contribution in [0.5, 0.6) is 0 Å². The molecule has 4 rings (SSSR count). The van der Waals surface area contributed by atoms with Gasteiger partial charge in [-0.15, -0.1) is 11.3 Å². The Balaban J connectivity index is 1.54. The summed E-state index contributed by atoms with van der Waals surface area (Å²) in [5, 5.41) is 7.42. The highest BCUT2D eigenvalue weighted by molar-refractivity contribution is 7.14. The zero-order valence-corrected chi connectivity index (χ0v) is 17.5. The van der Waals surface area contributed by atoms with Gasteiger partial charge in [0.05, 0.1) is 6.04 Å². The Hall–Kier alpha value is -2.53. The van der Waals surface area contributed by atoms with Gasteiger partial charge in [0.1, 0.15) is 5.00 Å². The van der Waals surface area contributed by atoms with Crippen LogP contribution in [-0.4, -0.2) is 10.6 Å². The lowest BCUT2D eigenvalue weighted by molar-refractivity contribution is 0.249. The first kappa shape index (κ1) is 18.8. The van der Waals surface area contributed by atoms with E-state index in [9.17, 15) is 4.79 Å². The van der Waals surface area contributed by atoms with E-state index in [0.29, 0.717) is 0 Å². The number of anilines is 1. The molecular formula is C23H27N3OS. The highest BCUT2D eigenvalue weighted by atomic mass is 32.1. The Morgan fingerprint density at radius 2 is 1.86 bits per heavy atom. The summed E-state index contributed by atoms with van der Waals surface area (Å²) in [5.74, 6) is 0. The number of amides is 2. The zero-order chi connectivity index (χ0) is 19.7. The van der Waals surface area contributed by atoms with Gasteiger partial charge in [-0.1, -0.05) is 12.1 Å². The van der Waals surface area contributed by atoms with Crippen molar-refractivity contribution in [1.29, 1.82) is 0 Å². The summed E-state index contributed by atoms with van der Waals surface area (Å²) < 4.78 is 2.13. The number of benzene rings is 1. The lowest BCUT2D eigenvalue weighted by Crippen LogP contribution is -2.32. The number of hydrogen-bond acceptors (Lipinski definition) is 2. The van der Waals surface area contributed by atoms with Crippen molar-refractivity contribution in [3.8, 4) is 5.00 Å². The van der Waals surface area contributed by atoms with Gasteiger partial charge in [0.2, 0.25) is 0 Å². The summed E-state index contributed by atoms with van der Waals surface area (Å²) in [6, 6.07) is 10.1. The van der Waals surface area contributed by atoms with Crippen LogP contribution in [0, 0.1) is 13.8 Å². The van der Waals surface area contributed by atoms with Gasteiger partial charge in [0.15, 0.2) is 0 Å². The molecule has 0 radical (unpaired) electrons. The summed E-state index contributed by atoms with van der Waals surface area (Å²) in [6.45, 7) is 6.33. The number of carbonyl (C=O) groups is 1. The molecule has 28 heavy (non-hydrogen) atoms. The quantitative estimate of drug-likeness (QED) is 0.568. The highest BCUT2D eigenvalue weighted by Gasteiger charge is 2.21. The van der Waals surface area contributed by atoms with Gasteiger partial charge in [0.25, 0.3) is 0 Å². The molecule has 0 spiro atoms. The molecule has 2 N–H and O–H groups in total. The van der Waals surface area contributed by atoms with Gasteiger partial charge in [-0.3, -0.25) is 0 Å². The number of aryl methyl sites for hydroxylation is 2. The topological polar surface area (TPSA) is 46.1 Å². The predicted octanol–water partition coefficient (Wildman–Crippen LogP) is 5.92. The molecular weight excluding hydrogens is 366 g/mol. The fourth-order valence-corrected chi connectivity index (χ4v) is 5.34. The number of thiophene rings is 1. The molecule has 1 atom stereocenters. The van der Waals surface area contributed by atoms with E-state index in [0.717, 1.165) is 18.5 Å². The molecule has 1 aliphatic carbocycles. The van der Waals surface area contributed by atoms with Crippen LogP contribution < -0.4 is 10.6 Å². The molecule has 0 bridgehead atoms. The molecule has 4 nitrogen and oxygen atoms in total. The van der Waals surface area contributed by atoms with Gasteiger partial charge in [-0.2, -0.15) is 0 Å². The third kappa shape index (κ3) is 3.59. The van der Waals surface area contributed by atoms with Crippen LogP contribution in [0.25, 0.3) is 5.00 Å². The van der Waals surface area contributed by atoms with Gasteiger partial charge >= 0.3 is 6.03 Å². The Kier molecular flexibility index (Phi) is 5.27. The maximum Gasteiger partial charge on any atom is 0.319 e. The Labute approximate surface area is 170 Å². The molecule has 1 aromatic carbocycles. The second kappa shape index (κ2) is 7.84. The normalized spacial score (nSPS) is 14.4. The number of fused-ring (bicyclic) bond motifs is 1. The minimum absolute atomic E-state index is 0.0816. The van der Waals surface area contributed by atoms with Crippen LogP contribution >= 0.6 is 11.3 Å². The van der Waals surface area contributed by atoms with Crippen molar-refractivity contribution in [1.82, 2.24) is 9.88 Å². The minimum Gasteiger partial charge on any atom is -0.331 e. The fourth-order valence-electron chi connectivity index (χ4n) is 4.12. The summed E-state index contributed by atoms with van der Waals surface area (Å²) in [5.41, 5.74) is 6.05. The summed E-state index contributed by atoms with van der Waals surface area (Å²) >= 11 is 1.77. The molecule has 0 aliphatic heterocycles. The van der Waals surface area contributed by atoms with Crippen molar-refractivity contribution in [3.63, 3.8) is 0 Å². The third-order valence-electron chi connectivity index (χ3n) is 5.68. The highest BCUT2D eigenvalue weighted by Crippen LogP contribution is 2.35. The van der Waals surface area contributed by atoms with Crippen molar-refractivity contribution in [2.24, 2.45) is 0 Å². The summed E-state index contributed by atoms with van der Waals surface area (Å²) in [6.07, 6.45) is 8.68. The largest absolute Gasteiger partial charge is 0.331 e. The van der Waals surface area contributed by atoms with E-state index in [4.69, 9.17) is 0 Å². The van der Waals surface area contributed by atoms with E-state index in [1.165, 1.54) is 45.0 Å². The first-order valence-electron chi connectivity index (χ1n) is 9.96. The van der Waals surface area contributed by atoms with Crippen molar-refractivity contribution < 1.29 is 4.79 Å². The van der Waals surface area contributed by atoms with E-state index in [1.54, 1.807) is 11.3 Å². The minimum atomic E-state index is -0.145. The number of nitrogens with one attached hydrogen (secondary N) is 2. The molecule has 0 saturated heterocycles. The lowest BCUT2D eigenvalue weighted by Gasteiger charge is -2.21. The molecule has 1 aliphatic rings. The average Bonchev–Trinajstić information content (AvgIpc) is 3.31. The standard InChI is InChI=1S/C23H27N3OS/c1-15-17(3)28-22(26-13-6-7-14-26)21(15)16(2)24-23(27)25-20-12-8-10-18-9-4-5-11-19(18)20/h6-8,10,12-14,16H,4-5,9,11H2,1-3H3,(H2,24,25,27). The molecule has 5 heteroatoms. The number of nitrogens with zero attached hydrogens (tertiary/aromatic N) is 1. The van der Waals surface area contributed by atoms with Crippen molar-refractivity contribution in [2.45, 2.75) is 52.5 Å². The summed E-state index contributed by atoms with van der Waals surface area (Å²) in [7, 11) is 0. The zero-order valence-electron chi connectivity index (χ0n) is 16.7. The van der Waals surface area contributed by atoms with E-state index < -0.39 is 0 Å². The molecule has 146 valence electrons. The van der Waals surface area contributed by atoms with Crippen LogP contribution in [0.2, 0.25) is 0 Å². The molecule has 1 unspecified atom stereocenters. The number of urea groups is 1. The van der Waals surface area contributed by atoms with Crippen molar-refractivity contribution in [3.05, 3.63) is 69.9 Å². The molecule has 0 fully saturated rings. The maximum absolute atomic E-state index is 12.8. The molecule has 3 aromatic rings. The van der Waals surface area contributed by atoms with Crippen LogP contribution in [-0.2, 0) is 12.8 Å². The van der Waals surface area contributed by atoms with Crippen LogP contribution in [0.4, 0.5) is 10.5 Å². The van der Waals surface area contributed by atoms with E-state index in [-0.39, 0.29) is 12.1 Å². The van der Waals surface area contributed by atoms with Gasteiger partial charge in [-0.05, 0) is 81.3 Å². The smallest absolute Gasteiger partial charge is 0.319 e. The third-order valence-corrected chi connectivity index (χ3v) is 6.91. The molecule has 2 heterocycles. The van der Waals surface area contributed by atoms with E-state index in [2.05, 4.69) is 54.4 Å². The Bertz CT molecular complexity index is 988. The SMILES string of the molecule is Cc1sc(-n2cccc2)c(C(C)NC(=O)Nc2cccc3c2CCCC3)c1C. The first-order chi connectivity index (χ1) is 13.5. The number of rotatable bonds is 4. The second-order valence-corrected chi connectivity index (χ2v) is 8.77. The van der Waals surface area contributed by atoms with Gasteiger partial charge in [-0.25, -0.2) is 4.79 Å². The van der Waals surface area contributed by atoms with Crippen LogP contribution in [0.15, 0.2) is 42.7 Å². The maximum atomic E-state index is 12.8. The van der Waals surface area contributed by atoms with Crippen molar-refractivity contribution in [2.75, 3.05) is 5.32 Å². The van der Waals surface area contributed by atoms with Crippen LogP contribution in [0.3, 0.4) is 0 Å². The van der Waals surface area contributed by atoms with Gasteiger partial charge < -0.3 is 15.2 Å². The molecule has 2 amide bonds. The predicted molar refractivity (Wildman–Crippen MR) is 117 cm³/mol. The number of carbonyl (C=O) groups excluding carboxylic acids is 1. The van der Waals surface area contributed by atoms with E-state index in [1.807, 2.05) is 24.3 Å². The fraction of sp³-hybridized carbons (Fsp3) is 0.348. The lowest BCUT2D eigenvalue weighted by atomic mass is 9.90. The van der Waals surface area contributed by atoms with Crippen LogP contribution in [0.1, 0.15) is 52.9 Å². The van der Waals surface area contributed by atoms with E-state index >= 15 is 0 Å². The Morgan fingerprint density at radius 3 is 2.64 bits per heavy atom.